The summed E-state index contributed by atoms with van der Waals surface area (Å²) < 4.78 is 6.41. The van der Waals surface area contributed by atoms with Crippen LogP contribution in [0.25, 0.3) is 11.6 Å². The molecule has 2 saturated heterocycles. The highest BCUT2D eigenvalue weighted by Crippen LogP contribution is 2.51. The van der Waals surface area contributed by atoms with Crippen LogP contribution in [0.2, 0.25) is 5.02 Å². The molecule has 0 spiro atoms. The number of hydrogen-bond donors (Lipinski definition) is 2. The van der Waals surface area contributed by atoms with Gasteiger partial charge in [0.05, 0.1) is 35.3 Å². The Kier molecular flexibility index (Phi) is 9.98. The van der Waals surface area contributed by atoms with E-state index < -0.39 is 11.9 Å². The molecule has 8 nitrogen and oxygen atoms in total. The lowest BCUT2D eigenvalue weighted by Crippen LogP contribution is -2.34. The van der Waals surface area contributed by atoms with Gasteiger partial charge in [-0.1, -0.05) is 43.0 Å². The molecule has 3 heterocycles. The fourth-order valence-corrected chi connectivity index (χ4v) is 7.18. The summed E-state index contributed by atoms with van der Waals surface area (Å²) in [6.45, 7) is 2.90. The number of carboxylic acid groups (broad SMARTS) is 1. The summed E-state index contributed by atoms with van der Waals surface area (Å²) in [7, 11) is 0. The molecule has 0 saturated carbocycles. The number of phenolic OH excluding ortho intramolecular Hbond substituents is 1. The third kappa shape index (κ3) is 6.86. The normalized spacial score (nSPS) is 23.6. The number of carboxylic acids is 1. The lowest BCUT2D eigenvalue weighted by molar-refractivity contribution is -0.141. The van der Waals surface area contributed by atoms with Gasteiger partial charge in [-0.05, 0) is 91.6 Å². The second-order valence-corrected chi connectivity index (χ2v) is 12.1. The first-order chi connectivity index (χ1) is 20.8. The Morgan fingerprint density at radius 1 is 1.12 bits per heavy atom. The molecule has 5 rings (SSSR count). The standard InChI is InChI=1S/C34H39ClN2O6/c1-2-8-23-18-25-32(34(42)37(33(25)41)16-7-3-4-10-30(39)40)26-20-43-29(31(23)26)14-12-22(28-9-5-6-15-36-28)17-21-11-13-24(38)19-27(21)35/h5-6,9,11,13,15,17,19,25-26,29,32,38H,2-4,7-8,10,12,14,16,18,20H2,1H3,(H,39,40)/b22-17-/t25-,26+,29-,32-/m1/s1. The van der Waals surface area contributed by atoms with Crippen LogP contribution in [0, 0.1) is 17.8 Å². The number of nitrogens with zero attached hydrogens (tertiary/aromatic N) is 2. The van der Waals surface area contributed by atoms with Gasteiger partial charge in [-0.15, -0.1) is 0 Å². The predicted octanol–water partition coefficient (Wildman–Crippen LogP) is 6.52. The first kappa shape index (κ1) is 31.0. The Morgan fingerprint density at radius 2 is 1.95 bits per heavy atom. The van der Waals surface area contributed by atoms with E-state index in [-0.39, 0.29) is 41.9 Å². The molecule has 4 atom stereocenters. The van der Waals surface area contributed by atoms with Gasteiger partial charge >= 0.3 is 5.97 Å². The average Bonchev–Trinajstić information content (AvgIpc) is 3.51. The molecule has 2 amide bonds. The minimum atomic E-state index is -0.830. The third-order valence-electron chi connectivity index (χ3n) is 8.91. The third-order valence-corrected chi connectivity index (χ3v) is 9.23. The Hall–Kier alpha value is -3.49. The molecular formula is C34H39ClN2O6. The average molecular weight is 607 g/mol. The summed E-state index contributed by atoms with van der Waals surface area (Å²) in [5.74, 6) is -1.76. The molecule has 3 aliphatic rings. The Labute approximate surface area is 257 Å². The van der Waals surface area contributed by atoms with Crippen molar-refractivity contribution < 1.29 is 29.3 Å². The summed E-state index contributed by atoms with van der Waals surface area (Å²) in [5.41, 5.74) is 5.08. The highest BCUT2D eigenvalue weighted by atomic mass is 35.5. The fourth-order valence-electron chi connectivity index (χ4n) is 6.95. The summed E-state index contributed by atoms with van der Waals surface area (Å²) in [6, 6.07) is 10.7. The first-order valence-corrected chi connectivity index (χ1v) is 15.7. The lowest BCUT2D eigenvalue weighted by Gasteiger charge is -2.32. The Balaban J connectivity index is 1.34. The number of unbranched alkanes of at least 4 members (excludes halogenated alkanes) is 2. The second-order valence-electron chi connectivity index (χ2n) is 11.7. The molecule has 2 N–H and O–H groups in total. The van der Waals surface area contributed by atoms with Crippen molar-refractivity contribution in [3.63, 3.8) is 0 Å². The van der Waals surface area contributed by atoms with Gasteiger partial charge in [0.15, 0.2) is 0 Å². The van der Waals surface area contributed by atoms with E-state index in [1.165, 1.54) is 22.1 Å². The molecule has 0 radical (unpaired) electrons. The molecular weight excluding hydrogens is 568 g/mol. The number of rotatable bonds is 13. The van der Waals surface area contributed by atoms with Crippen molar-refractivity contribution in [3.8, 4) is 5.75 Å². The summed E-state index contributed by atoms with van der Waals surface area (Å²) >= 11 is 6.44. The molecule has 1 aromatic carbocycles. The van der Waals surface area contributed by atoms with Gasteiger partial charge in [-0.2, -0.15) is 0 Å². The fraction of sp³-hybridized carbons (Fsp3) is 0.471. The maximum absolute atomic E-state index is 13.6. The minimum absolute atomic E-state index is 0.0875. The van der Waals surface area contributed by atoms with Crippen molar-refractivity contribution >= 4 is 41.0 Å². The van der Waals surface area contributed by atoms with E-state index in [2.05, 4.69) is 11.9 Å². The number of pyridine rings is 1. The van der Waals surface area contributed by atoms with Gasteiger partial charge in [0.2, 0.25) is 11.8 Å². The van der Waals surface area contributed by atoms with Crippen LogP contribution >= 0.6 is 11.6 Å². The number of aliphatic carboxylic acids is 1. The van der Waals surface area contributed by atoms with Crippen LogP contribution < -0.4 is 0 Å². The number of phenols is 1. The van der Waals surface area contributed by atoms with E-state index in [0.717, 1.165) is 29.7 Å². The summed E-state index contributed by atoms with van der Waals surface area (Å²) in [6.07, 6.45) is 9.30. The molecule has 43 heavy (non-hydrogen) atoms. The number of aromatic hydroxyl groups is 1. The molecule has 0 bridgehead atoms. The van der Waals surface area contributed by atoms with Crippen LogP contribution in [0.5, 0.6) is 5.75 Å². The maximum atomic E-state index is 13.6. The molecule has 0 unspecified atom stereocenters. The second kappa shape index (κ2) is 13.9. The summed E-state index contributed by atoms with van der Waals surface area (Å²) in [5, 5.41) is 19.1. The monoisotopic (exact) mass is 606 g/mol. The number of imide groups is 1. The maximum Gasteiger partial charge on any atom is 0.303 e. The zero-order valence-electron chi connectivity index (χ0n) is 24.5. The van der Waals surface area contributed by atoms with Crippen LogP contribution in [0.15, 0.2) is 53.7 Å². The van der Waals surface area contributed by atoms with E-state index in [1.807, 2.05) is 24.3 Å². The van der Waals surface area contributed by atoms with E-state index in [0.29, 0.717) is 56.7 Å². The van der Waals surface area contributed by atoms with Gasteiger partial charge in [-0.25, -0.2) is 0 Å². The number of benzene rings is 1. The van der Waals surface area contributed by atoms with E-state index >= 15 is 0 Å². The van der Waals surface area contributed by atoms with Crippen molar-refractivity contribution in [2.24, 2.45) is 17.8 Å². The van der Waals surface area contributed by atoms with Gasteiger partial charge < -0.3 is 14.9 Å². The highest BCUT2D eigenvalue weighted by Gasteiger charge is 2.56. The zero-order valence-corrected chi connectivity index (χ0v) is 25.3. The molecule has 2 aliphatic heterocycles. The number of hydrogen-bond acceptors (Lipinski definition) is 6. The summed E-state index contributed by atoms with van der Waals surface area (Å²) in [4.78, 5) is 43.9. The molecule has 2 fully saturated rings. The van der Waals surface area contributed by atoms with Crippen molar-refractivity contribution in [1.82, 2.24) is 9.88 Å². The van der Waals surface area contributed by atoms with Crippen molar-refractivity contribution in [2.75, 3.05) is 13.2 Å². The topological polar surface area (TPSA) is 117 Å². The van der Waals surface area contributed by atoms with Crippen molar-refractivity contribution in [1.29, 1.82) is 0 Å². The predicted molar refractivity (Wildman–Crippen MR) is 164 cm³/mol. The molecule has 9 heteroatoms. The van der Waals surface area contributed by atoms with Crippen LogP contribution in [-0.4, -0.2) is 57.1 Å². The lowest BCUT2D eigenvalue weighted by atomic mass is 9.68. The Bertz CT molecular complexity index is 1420. The van der Waals surface area contributed by atoms with E-state index in [9.17, 15) is 19.5 Å². The molecule has 2 aromatic rings. The van der Waals surface area contributed by atoms with Crippen LogP contribution in [0.3, 0.4) is 0 Å². The number of likely N-dealkylation sites (tertiary alicyclic amines) is 1. The first-order valence-electron chi connectivity index (χ1n) is 15.3. The molecule has 1 aliphatic carbocycles. The number of amides is 2. The zero-order chi connectivity index (χ0) is 30.5. The van der Waals surface area contributed by atoms with E-state index in [1.54, 1.807) is 18.3 Å². The quantitative estimate of drug-likeness (QED) is 0.151. The number of carbonyl (C=O) groups excluding carboxylic acids is 2. The Morgan fingerprint density at radius 3 is 2.67 bits per heavy atom. The van der Waals surface area contributed by atoms with Crippen LogP contribution in [0.4, 0.5) is 0 Å². The number of halogens is 1. The van der Waals surface area contributed by atoms with Gasteiger partial charge in [0, 0.05) is 25.1 Å². The number of aromatic nitrogens is 1. The number of carbonyl (C=O) groups is 3. The molecule has 1 aromatic heterocycles. The van der Waals surface area contributed by atoms with Crippen LogP contribution in [-0.2, 0) is 19.1 Å². The minimum Gasteiger partial charge on any atom is -0.508 e. The highest BCUT2D eigenvalue weighted by molar-refractivity contribution is 6.32. The van der Waals surface area contributed by atoms with E-state index in [4.69, 9.17) is 21.4 Å². The van der Waals surface area contributed by atoms with Gasteiger partial charge in [0.1, 0.15) is 5.75 Å². The largest absolute Gasteiger partial charge is 0.508 e. The number of allylic oxidation sites excluding steroid dienone is 2. The SMILES string of the molecule is CCCC1=C2[C@@H](CC/C(=C/c3ccc(O)cc3Cl)c3ccccn3)OC[C@@H]2[C@@H]2C(=O)N(CCCCCC(=O)O)C(=O)[C@@H]2C1. The van der Waals surface area contributed by atoms with Gasteiger partial charge in [0.25, 0.3) is 0 Å². The number of ether oxygens (including phenoxy) is 1. The molecule has 228 valence electrons. The van der Waals surface area contributed by atoms with Crippen LogP contribution in [0.1, 0.15) is 76.0 Å². The smallest absolute Gasteiger partial charge is 0.303 e. The van der Waals surface area contributed by atoms with Gasteiger partial charge in [-0.3, -0.25) is 24.3 Å². The van der Waals surface area contributed by atoms with Crippen molar-refractivity contribution in [2.45, 2.75) is 70.8 Å². The number of fused-ring (bicyclic) bond motifs is 3. The van der Waals surface area contributed by atoms with Crippen molar-refractivity contribution in [3.05, 3.63) is 70.0 Å².